The Kier molecular flexibility index (Phi) is 7.51. The second kappa shape index (κ2) is 9.98. The first-order valence-corrected chi connectivity index (χ1v) is 13.0. The van der Waals surface area contributed by atoms with Crippen LogP contribution in [0.1, 0.15) is 49.4 Å². The molecule has 0 spiro atoms. The maximum atomic E-state index is 12.5. The molecule has 2 aromatic rings. The van der Waals surface area contributed by atoms with Gasteiger partial charge < -0.3 is 0 Å². The molecule has 1 aliphatic rings. The highest BCUT2D eigenvalue weighted by Gasteiger charge is 2.23. The van der Waals surface area contributed by atoms with Gasteiger partial charge in [-0.3, -0.25) is 4.28 Å². The Morgan fingerprint density at radius 2 is 1.85 bits per heavy atom. The summed E-state index contributed by atoms with van der Waals surface area (Å²) in [4.78, 5) is 0.0292. The summed E-state index contributed by atoms with van der Waals surface area (Å²) in [6.07, 6.45) is 3.71. The molecule has 0 aliphatic carbocycles. The number of allylic oxidation sites excluding steroid dienone is 2. The van der Waals surface area contributed by atoms with E-state index in [1.807, 2.05) is 19.9 Å². The van der Waals surface area contributed by atoms with Crippen molar-refractivity contribution >= 4 is 32.5 Å². The lowest BCUT2D eigenvalue weighted by Crippen LogP contribution is -2.13. The zero-order valence-corrected chi connectivity index (χ0v) is 21.2. The Morgan fingerprint density at radius 1 is 1.15 bits per heavy atom. The normalized spacial score (nSPS) is 16.7. The molecule has 1 heterocycles. The molecule has 172 valence electrons. The Labute approximate surface area is 201 Å². The molecule has 0 saturated heterocycles. The third-order valence-corrected chi connectivity index (χ3v) is 7.68. The van der Waals surface area contributed by atoms with Crippen LogP contribution >= 0.6 is 11.8 Å². The van der Waals surface area contributed by atoms with E-state index in [1.165, 1.54) is 23.9 Å². The molecule has 0 bridgehead atoms. The fourth-order valence-electron chi connectivity index (χ4n) is 3.38. The summed E-state index contributed by atoms with van der Waals surface area (Å²) >= 11 is 1.22. The van der Waals surface area contributed by atoms with E-state index < -0.39 is 10.1 Å². The van der Waals surface area contributed by atoms with Crippen molar-refractivity contribution in [3.8, 4) is 6.07 Å². The summed E-state index contributed by atoms with van der Waals surface area (Å²) in [7, 11) is -4.06. The summed E-state index contributed by atoms with van der Waals surface area (Å²) in [5.41, 5.74) is 5.03. The van der Waals surface area contributed by atoms with Gasteiger partial charge in [0.05, 0.1) is 5.57 Å². The SMILES string of the molecule is CCC(C)(C)Cc1ccc(C)c(C(C#N)=C2C=CSC2=NOS(=O)(=O)c2ccc(C)cc2)c1. The average molecular weight is 481 g/mol. The van der Waals surface area contributed by atoms with Crippen molar-refractivity contribution in [1.82, 2.24) is 0 Å². The minimum Gasteiger partial charge on any atom is -0.264 e. The maximum Gasteiger partial charge on any atom is 0.358 e. The predicted octanol–water partition coefficient (Wildman–Crippen LogP) is 6.54. The fourth-order valence-corrected chi connectivity index (χ4v) is 4.87. The van der Waals surface area contributed by atoms with Gasteiger partial charge in [0.1, 0.15) is 16.0 Å². The molecule has 5 nitrogen and oxygen atoms in total. The van der Waals surface area contributed by atoms with Crippen LogP contribution in [0.5, 0.6) is 0 Å². The van der Waals surface area contributed by atoms with E-state index in [0.29, 0.717) is 16.2 Å². The molecule has 0 radical (unpaired) electrons. The molecule has 7 heteroatoms. The van der Waals surface area contributed by atoms with Gasteiger partial charge in [-0.2, -0.15) is 13.7 Å². The predicted molar refractivity (Wildman–Crippen MR) is 135 cm³/mol. The van der Waals surface area contributed by atoms with E-state index >= 15 is 0 Å². The molecule has 0 unspecified atom stereocenters. The molecule has 0 saturated carbocycles. The standard InChI is InChI=1S/C26H28N2O3S2/c1-6-26(4,5)16-20-10-9-19(3)23(15-20)24(17-27)22-13-14-32-25(22)28-31-33(29,30)21-11-7-18(2)8-12-21/h7-15H,6,16H2,1-5H3. The van der Waals surface area contributed by atoms with Crippen LogP contribution in [0.3, 0.4) is 0 Å². The monoisotopic (exact) mass is 480 g/mol. The highest BCUT2D eigenvalue weighted by atomic mass is 32.2. The van der Waals surface area contributed by atoms with Crippen molar-refractivity contribution < 1.29 is 12.7 Å². The summed E-state index contributed by atoms with van der Waals surface area (Å²) in [6.45, 7) is 10.5. The van der Waals surface area contributed by atoms with Crippen LogP contribution in [0.25, 0.3) is 5.57 Å². The molecule has 0 fully saturated rings. The van der Waals surface area contributed by atoms with Crippen LogP contribution in [-0.2, 0) is 20.8 Å². The van der Waals surface area contributed by atoms with Gasteiger partial charge in [-0.05, 0) is 66.0 Å². The number of hydrogen-bond acceptors (Lipinski definition) is 6. The first-order chi connectivity index (χ1) is 15.6. The molecule has 0 aromatic heterocycles. The average Bonchev–Trinajstić information content (AvgIpc) is 3.23. The minimum absolute atomic E-state index is 0.0292. The van der Waals surface area contributed by atoms with Crippen molar-refractivity contribution in [2.75, 3.05) is 0 Å². The summed E-state index contributed by atoms with van der Waals surface area (Å²) in [5, 5.41) is 16.0. The smallest absolute Gasteiger partial charge is 0.264 e. The Morgan fingerprint density at radius 3 is 2.48 bits per heavy atom. The van der Waals surface area contributed by atoms with Crippen molar-refractivity contribution in [3.05, 3.63) is 81.8 Å². The zero-order valence-electron chi connectivity index (χ0n) is 19.5. The highest BCUT2D eigenvalue weighted by molar-refractivity contribution is 8.17. The molecule has 1 aliphatic heterocycles. The Bertz CT molecular complexity index is 1280. The number of aryl methyl sites for hydroxylation is 2. The lowest BCUT2D eigenvalue weighted by molar-refractivity contribution is 0.340. The van der Waals surface area contributed by atoms with Gasteiger partial charge >= 0.3 is 10.1 Å². The molecule has 0 amide bonds. The van der Waals surface area contributed by atoms with Crippen LogP contribution in [-0.4, -0.2) is 13.5 Å². The molecule has 33 heavy (non-hydrogen) atoms. The Hall–Kier alpha value is -2.82. The summed E-state index contributed by atoms with van der Waals surface area (Å²) in [5.74, 6) is 0. The second-order valence-electron chi connectivity index (χ2n) is 8.90. The third-order valence-electron chi connectivity index (χ3n) is 5.76. The zero-order chi connectivity index (χ0) is 24.2. The molecular formula is C26H28N2O3S2. The number of nitriles is 1. The first-order valence-electron chi connectivity index (χ1n) is 10.7. The van der Waals surface area contributed by atoms with E-state index in [1.54, 1.807) is 23.6 Å². The maximum absolute atomic E-state index is 12.5. The van der Waals surface area contributed by atoms with Crippen LogP contribution in [0, 0.1) is 30.6 Å². The molecule has 2 aromatic carbocycles. The number of rotatable bonds is 7. The van der Waals surface area contributed by atoms with E-state index in [0.717, 1.165) is 35.1 Å². The number of oxime groups is 1. The van der Waals surface area contributed by atoms with Crippen LogP contribution in [0.2, 0.25) is 0 Å². The summed E-state index contributed by atoms with van der Waals surface area (Å²) in [6, 6.07) is 14.8. The van der Waals surface area contributed by atoms with E-state index in [4.69, 9.17) is 4.28 Å². The number of thioether (sulfide) groups is 1. The lowest BCUT2D eigenvalue weighted by atomic mass is 9.82. The van der Waals surface area contributed by atoms with E-state index in [2.05, 4.69) is 44.1 Å². The van der Waals surface area contributed by atoms with E-state index in [-0.39, 0.29) is 10.3 Å². The lowest BCUT2D eigenvalue weighted by Gasteiger charge is -2.23. The minimum atomic E-state index is -4.06. The topological polar surface area (TPSA) is 79.5 Å². The molecule has 0 N–H and O–H groups in total. The van der Waals surface area contributed by atoms with Crippen molar-refractivity contribution in [3.63, 3.8) is 0 Å². The van der Waals surface area contributed by atoms with Crippen LogP contribution in [0.15, 0.2) is 69.6 Å². The third kappa shape index (κ3) is 5.95. The largest absolute Gasteiger partial charge is 0.358 e. The van der Waals surface area contributed by atoms with Crippen molar-refractivity contribution in [1.29, 1.82) is 5.26 Å². The van der Waals surface area contributed by atoms with Crippen molar-refractivity contribution in [2.45, 2.75) is 52.4 Å². The van der Waals surface area contributed by atoms with Gasteiger partial charge in [0.25, 0.3) is 0 Å². The Balaban J connectivity index is 1.97. The molecular weight excluding hydrogens is 452 g/mol. The van der Waals surface area contributed by atoms with Crippen LogP contribution in [0.4, 0.5) is 0 Å². The van der Waals surface area contributed by atoms with Gasteiger partial charge in [-0.15, -0.1) is 0 Å². The van der Waals surface area contributed by atoms with Crippen molar-refractivity contribution in [2.24, 2.45) is 10.6 Å². The second-order valence-corrected chi connectivity index (χ2v) is 11.3. The quantitative estimate of drug-likeness (QED) is 0.332. The van der Waals surface area contributed by atoms with Gasteiger partial charge in [0.15, 0.2) is 0 Å². The fraction of sp³-hybridized carbons (Fsp3) is 0.308. The number of nitrogens with zero attached hydrogens (tertiary/aromatic N) is 2. The highest BCUT2D eigenvalue weighted by Crippen LogP contribution is 2.34. The number of benzene rings is 2. The molecule has 3 rings (SSSR count). The number of hydrogen-bond donors (Lipinski definition) is 0. The van der Waals surface area contributed by atoms with Gasteiger partial charge in [0, 0.05) is 5.57 Å². The summed E-state index contributed by atoms with van der Waals surface area (Å²) < 4.78 is 30.1. The van der Waals surface area contributed by atoms with Crippen LogP contribution < -0.4 is 0 Å². The van der Waals surface area contributed by atoms with Gasteiger partial charge in [-0.1, -0.05) is 80.0 Å². The van der Waals surface area contributed by atoms with Gasteiger partial charge in [-0.25, -0.2) is 0 Å². The van der Waals surface area contributed by atoms with E-state index in [9.17, 15) is 13.7 Å². The molecule has 0 atom stereocenters. The first kappa shape index (κ1) is 24.8. The van der Waals surface area contributed by atoms with Gasteiger partial charge in [0.2, 0.25) is 0 Å².